The number of hydrogen-bond acceptors (Lipinski definition) is 2. The second-order valence-corrected chi connectivity index (χ2v) is 5.06. The molecule has 0 saturated heterocycles. The number of nitrogens with two attached hydrogens (primary N) is 1. The van der Waals surface area contributed by atoms with Crippen LogP contribution >= 0.6 is 15.9 Å². The second-order valence-electron chi connectivity index (χ2n) is 4.15. The van der Waals surface area contributed by atoms with Crippen LogP contribution in [0.3, 0.4) is 0 Å². The highest BCUT2D eigenvalue weighted by Gasteiger charge is 2.08. The number of nitrogens with one attached hydrogen (secondary N) is 1. The van der Waals surface area contributed by atoms with Crippen LogP contribution in [0.4, 0.5) is 14.5 Å². The van der Waals surface area contributed by atoms with E-state index in [1.165, 1.54) is 18.2 Å². The van der Waals surface area contributed by atoms with E-state index in [4.69, 9.17) is 5.73 Å². The van der Waals surface area contributed by atoms with Gasteiger partial charge in [-0.15, -0.1) is 0 Å². The van der Waals surface area contributed by atoms with Gasteiger partial charge in [-0.2, -0.15) is 0 Å². The van der Waals surface area contributed by atoms with Gasteiger partial charge in [-0.25, -0.2) is 8.78 Å². The molecule has 0 aliphatic rings. The molecule has 2 aromatic carbocycles. The lowest BCUT2D eigenvalue weighted by Gasteiger charge is -2.09. The van der Waals surface area contributed by atoms with E-state index in [-0.39, 0.29) is 17.8 Å². The molecule has 0 aromatic heterocycles. The maximum atomic E-state index is 13.7. The van der Waals surface area contributed by atoms with Gasteiger partial charge in [0.1, 0.15) is 11.6 Å². The Morgan fingerprint density at radius 1 is 1.15 bits per heavy atom. The monoisotopic (exact) mass is 340 g/mol. The Bertz CT molecular complexity index is 662. The molecule has 0 saturated carbocycles. The minimum Gasteiger partial charge on any atom is -0.378 e. The summed E-state index contributed by atoms with van der Waals surface area (Å²) in [6.07, 6.45) is 0. The highest BCUT2D eigenvalue weighted by atomic mass is 79.9. The first kappa shape index (κ1) is 14.5. The average molecular weight is 341 g/mol. The average Bonchev–Trinajstić information content (AvgIpc) is 2.38. The zero-order valence-electron chi connectivity index (χ0n) is 10.3. The third-order valence-electron chi connectivity index (χ3n) is 2.74. The van der Waals surface area contributed by atoms with Gasteiger partial charge >= 0.3 is 0 Å². The van der Waals surface area contributed by atoms with Crippen molar-refractivity contribution in [3.05, 3.63) is 63.6 Å². The van der Waals surface area contributed by atoms with Gasteiger partial charge in [-0.05, 0) is 30.3 Å². The summed E-state index contributed by atoms with van der Waals surface area (Å²) in [5, 5.41) is 2.79. The Labute approximate surface area is 122 Å². The van der Waals surface area contributed by atoms with Crippen LogP contribution in [0, 0.1) is 11.6 Å². The summed E-state index contributed by atoms with van der Waals surface area (Å²) in [6, 6.07) is 8.48. The molecule has 2 aromatic rings. The van der Waals surface area contributed by atoms with Gasteiger partial charge in [0.2, 0.25) is 5.91 Å². The van der Waals surface area contributed by atoms with E-state index in [0.717, 1.165) is 6.07 Å². The standard InChI is InChI=1S/C14H11BrF2N2O/c15-10-3-4-13(12(17)6-10)19-7-9-2-1-8(14(18)20)5-11(9)16/h1-6,19H,7H2,(H2,18,20). The number of benzene rings is 2. The fourth-order valence-corrected chi connectivity index (χ4v) is 2.00. The van der Waals surface area contributed by atoms with E-state index in [9.17, 15) is 13.6 Å². The molecule has 0 unspecified atom stereocenters. The van der Waals surface area contributed by atoms with E-state index in [2.05, 4.69) is 21.2 Å². The summed E-state index contributed by atoms with van der Waals surface area (Å²) in [7, 11) is 0. The maximum Gasteiger partial charge on any atom is 0.248 e. The normalized spacial score (nSPS) is 10.3. The molecule has 3 nitrogen and oxygen atoms in total. The Kier molecular flexibility index (Phi) is 4.34. The van der Waals surface area contributed by atoms with Crippen molar-refractivity contribution >= 4 is 27.5 Å². The van der Waals surface area contributed by atoms with Gasteiger partial charge in [-0.3, -0.25) is 4.79 Å². The van der Waals surface area contributed by atoms with Gasteiger partial charge in [0.05, 0.1) is 5.69 Å². The predicted molar refractivity (Wildman–Crippen MR) is 76.3 cm³/mol. The Hall–Kier alpha value is -1.95. The van der Waals surface area contributed by atoms with E-state index >= 15 is 0 Å². The van der Waals surface area contributed by atoms with Crippen molar-refractivity contribution in [3.8, 4) is 0 Å². The van der Waals surface area contributed by atoms with Crippen LogP contribution in [0.2, 0.25) is 0 Å². The molecule has 0 heterocycles. The first-order valence-corrected chi connectivity index (χ1v) is 6.54. The number of primary amides is 1. The molecule has 3 N–H and O–H groups in total. The molecule has 0 aliphatic carbocycles. The Balaban J connectivity index is 2.13. The van der Waals surface area contributed by atoms with Gasteiger partial charge in [0, 0.05) is 22.1 Å². The number of rotatable bonds is 4. The van der Waals surface area contributed by atoms with Crippen LogP contribution in [-0.2, 0) is 6.54 Å². The summed E-state index contributed by atoms with van der Waals surface area (Å²) in [4.78, 5) is 10.9. The minimum absolute atomic E-state index is 0.0982. The van der Waals surface area contributed by atoms with E-state index in [1.54, 1.807) is 12.1 Å². The lowest BCUT2D eigenvalue weighted by molar-refractivity contribution is 0.1000. The number of carbonyl (C=O) groups excluding carboxylic acids is 1. The van der Waals surface area contributed by atoms with Crippen LogP contribution in [0.1, 0.15) is 15.9 Å². The first-order valence-electron chi connectivity index (χ1n) is 5.74. The smallest absolute Gasteiger partial charge is 0.248 e. The van der Waals surface area contributed by atoms with Crippen molar-refractivity contribution in [2.45, 2.75) is 6.54 Å². The van der Waals surface area contributed by atoms with E-state index < -0.39 is 17.5 Å². The van der Waals surface area contributed by atoms with Gasteiger partial charge in [-0.1, -0.05) is 22.0 Å². The number of hydrogen-bond donors (Lipinski definition) is 2. The van der Waals surface area contributed by atoms with Crippen molar-refractivity contribution in [2.24, 2.45) is 5.73 Å². The molecule has 0 fully saturated rings. The molecule has 0 radical (unpaired) electrons. The summed E-state index contributed by atoms with van der Waals surface area (Å²) >= 11 is 3.15. The highest BCUT2D eigenvalue weighted by molar-refractivity contribution is 9.10. The predicted octanol–water partition coefficient (Wildman–Crippen LogP) is 3.44. The molecule has 0 aliphatic heterocycles. The molecular weight excluding hydrogens is 330 g/mol. The summed E-state index contributed by atoms with van der Waals surface area (Å²) < 4.78 is 27.9. The number of amides is 1. The third kappa shape index (κ3) is 3.33. The fraction of sp³-hybridized carbons (Fsp3) is 0.0714. The summed E-state index contributed by atoms with van der Waals surface area (Å²) in [5.74, 6) is -1.69. The highest BCUT2D eigenvalue weighted by Crippen LogP contribution is 2.20. The zero-order chi connectivity index (χ0) is 14.7. The lowest BCUT2D eigenvalue weighted by atomic mass is 10.1. The quantitative estimate of drug-likeness (QED) is 0.895. The number of carbonyl (C=O) groups is 1. The molecule has 6 heteroatoms. The molecule has 2 rings (SSSR count). The minimum atomic E-state index is -0.692. The van der Waals surface area contributed by atoms with E-state index in [1.807, 2.05) is 0 Å². The zero-order valence-corrected chi connectivity index (χ0v) is 11.9. The van der Waals surface area contributed by atoms with Crippen LogP contribution in [0.5, 0.6) is 0 Å². The van der Waals surface area contributed by atoms with Crippen LogP contribution in [0.25, 0.3) is 0 Å². The second kappa shape index (κ2) is 6.00. The summed E-state index contributed by atoms with van der Waals surface area (Å²) in [5.41, 5.74) is 5.74. The van der Waals surface area contributed by atoms with Crippen molar-refractivity contribution in [2.75, 3.05) is 5.32 Å². The van der Waals surface area contributed by atoms with Crippen LogP contribution in [-0.4, -0.2) is 5.91 Å². The topological polar surface area (TPSA) is 55.1 Å². The SMILES string of the molecule is NC(=O)c1ccc(CNc2ccc(Br)cc2F)c(F)c1. The molecule has 1 amide bonds. The largest absolute Gasteiger partial charge is 0.378 e. The Morgan fingerprint density at radius 3 is 2.50 bits per heavy atom. The Morgan fingerprint density at radius 2 is 1.90 bits per heavy atom. The molecule has 104 valence electrons. The van der Waals surface area contributed by atoms with Gasteiger partial charge < -0.3 is 11.1 Å². The van der Waals surface area contributed by atoms with Crippen molar-refractivity contribution in [1.82, 2.24) is 0 Å². The van der Waals surface area contributed by atoms with Crippen LogP contribution in [0.15, 0.2) is 40.9 Å². The molecule has 0 bridgehead atoms. The molecular formula is C14H11BrF2N2O. The van der Waals surface area contributed by atoms with Crippen molar-refractivity contribution in [3.63, 3.8) is 0 Å². The molecule has 0 spiro atoms. The van der Waals surface area contributed by atoms with Crippen LogP contribution < -0.4 is 11.1 Å². The van der Waals surface area contributed by atoms with Crippen molar-refractivity contribution in [1.29, 1.82) is 0 Å². The first-order chi connectivity index (χ1) is 9.47. The lowest BCUT2D eigenvalue weighted by Crippen LogP contribution is -2.12. The van der Waals surface area contributed by atoms with Gasteiger partial charge in [0.25, 0.3) is 0 Å². The molecule has 0 atom stereocenters. The number of halogens is 3. The molecule has 20 heavy (non-hydrogen) atoms. The number of anilines is 1. The maximum absolute atomic E-state index is 13.7. The van der Waals surface area contributed by atoms with Crippen molar-refractivity contribution < 1.29 is 13.6 Å². The van der Waals surface area contributed by atoms with E-state index in [0.29, 0.717) is 10.0 Å². The third-order valence-corrected chi connectivity index (χ3v) is 3.23. The fourth-order valence-electron chi connectivity index (χ4n) is 1.67. The van der Waals surface area contributed by atoms with Gasteiger partial charge in [0.15, 0.2) is 0 Å². The summed E-state index contributed by atoms with van der Waals surface area (Å²) in [6.45, 7) is 0.101.